The molecule has 4 rings (SSSR count). The number of carbonyl (C=O) groups is 3. The molecular weight excluding hydrogens is 492 g/mol. The highest BCUT2D eigenvalue weighted by Crippen LogP contribution is 2.68. The molecule has 8 heteroatoms. The van der Waals surface area contributed by atoms with E-state index in [1.807, 2.05) is 20.9 Å². The summed E-state index contributed by atoms with van der Waals surface area (Å²) in [4.78, 5) is 42.0. The number of carbonyl (C=O) groups excluding carboxylic acids is 3. The van der Waals surface area contributed by atoms with Crippen molar-refractivity contribution in [1.29, 1.82) is 0 Å². The van der Waals surface area contributed by atoms with Crippen LogP contribution in [0, 0.1) is 45.8 Å². The first-order chi connectivity index (χ1) is 17.3. The maximum atomic E-state index is 13.5. The monoisotopic (exact) mass is 536 g/mol. The van der Waals surface area contributed by atoms with Gasteiger partial charge in [0.05, 0.1) is 12.0 Å². The molecule has 10 atom stereocenters. The van der Waals surface area contributed by atoms with Crippen LogP contribution in [0.5, 0.6) is 0 Å². The summed E-state index contributed by atoms with van der Waals surface area (Å²) >= 11 is 6.07. The van der Waals surface area contributed by atoms with Crippen molar-refractivity contribution in [1.82, 2.24) is 10.2 Å². The van der Waals surface area contributed by atoms with Gasteiger partial charge in [0.25, 0.3) is 0 Å². The number of alkyl carbamates (subject to hydrolysis) is 1. The van der Waals surface area contributed by atoms with Gasteiger partial charge in [-0.1, -0.05) is 52.3 Å². The summed E-state index contributed by atoms with van der Waals surface area (Å²) in [7, 11) is 1.98. The van der Waals surface area contributed by atoms with Crippen LogP contribution in [-0.4, -0.2) is 60.1 Å². The number of Topliss-reactive ketones (excluding diaryl/α,β-unsaturated/α-hetero) is 1. The first-order valence-corrected chi connectivity index (χ1v) is 14.4. The quantitative estimate of drug-likeness (QED) is 0.540. The fourth-order valence-electron chi connectivity index (χ4n) is 8.53. The maximum absolute atomic E-state index is 13.5. The van der Waals surface area contributed by atoms with Crippen molar-refractivity contribution < 1.29 is 24.2 Å². The second kappa shape index (κ2) is 10.3. The lowest BCUT2D eigenvalue weighted by Gasteiger charge is -2.61. The summed E-state index contributed by atoms with van der Waals surface area (Å²) in [6.07, 6.45) is 3.78. The van der Waals surface area contributed by atoms with Crippen molar-refractivity contribution in [3.05, 3.63) is 11.6 Å². The number of imide groups is 1. The molecule has 2 N–H and O–H groups in total. The van der Waals surface area contributed by atoms with Crippen LogP contribution in [0.4, 0.5) is 4.79 Å². The van der Waals surface area contributed by atoms with E-state index >= 15 is 0 Å². The third-order valence-electron chi connectivity index (χ3n) is 11.3. The van der Waals surface area contributed by atoms with Crippen LogP contribution in [0.25, 0.3) is 0 Å². The number of rotatable bonds is 3. The molecule has 0 aromatic rings. The van der Waals surface area contributed by atoms with Crippen LogP contribution in [-0.2, 0) is 14.3 Å². The Bertz CT molecular complexity index is 957. The molecule has 4 fully saturated rings. The number of ketones is 1. The van der Waals surface area contributed by atoms with Gasteiger partial charge in [-0.2, -0.15) is 0 Å². The van der Waals surface area contributed by atoms with Gasteiger partial charge in [0.15, 0.2) is 0 Å². The molecule has 208 valence electrons. The largest absolute Gasteiger partial charge is 0.445 e. The van der Waals surface area contributed by atoms with E-state index < -0.39 is 29.1 Å². The molecule has 0 spiro atoms. The summed E-state index contributed by atoms with van der Waals surface area (Å²) < 4.78 is 6.16. The van der Waals surface area contributed by atoms with Gasteiger partial charge in [-0.3, -0.25) is 14.9 Å². The summed E-state index contributed by atoms with van der Waals surface area (Å²) in [5.74, 6) is -0.530. The normalized spacial score (nSPS) is 46.7. The lowest BCUT2D eigenvalue weighted by Crippen LogP contribution is -2.63. The first kappa shape index (κ1) is 28.6. The van der Waals surface area contributed by atoms with Crippen LogP contribution in [0.15, 0.2) is 11.6 Å². The first-order valence-electron chi connectivity index (χ1n) is 14.0. The van der Waals surface area contributed by atoms with Crippen molar-refractivity contribution in [2.45, 2.75) is 85.4 Å². The molecular formula is C29H45ClN2O5. The fraction of sp³-hybridized carbons (Fsp3) is 0.828. The molecule has 37 heavy (non-hydrogen) atoms. The van der Waals surface area contributed by atoms with Crippen molar-refractivity contribution in [3.8, 4) is 0 Å². The maximum Gasteiger partial charge on any atom is 0.414 e. The highest BCUT2D eigenvalue weighted by Gasteiger charge is 2.68. The molecule has 2 bridgehead atoms. The summed E-state index contributed by atoms with van der Waals surface area (Å²) in [5, 5.41) is 14.2. The van der Waals surface area contributed by atoms with E-state index in [0.29, 0.717) is 19.4 Å². The van der Waals surface area contributed by atoms with Gasteiger partial charge >= 0.3 is 6.09 Å². The Hall–Kier alpha value is -1.44. The van der Waals surface area contributed by atoms with Crippen molar-refractivity contribution in [3.63, 3.8) is 0 Å². The number of aliphatic hydroxyl groups excluding tert-OH is 1. The summed E-state index contributed by atoms with van der Waals surface area (Å²) in [6.45, 7) is 11.8. The number of hydrogen-bond donors (Lipinski definition) is 2. The minimum Gasteiger partial charge on any atom is -0.445 e. The number of ether oxygens (including phenoxy) is 1. The topological polar surface area (TPSA) is 95.9 Å². The van der Waals surface area contributed by atoms with Crippen LogP contribution in [0.1, 0.15) is 73.1 Å². The van der Waals surface area contributed by atoms with E-state index in [1.54, 1.807) is 6.08 Å². The summed E-state index contributed by atoms with van der Waals surface area (Å²) in [6, 6.07) is 0. The molecule has 4 aliphatic rings. The second-order valence-corrected chi connectivity index (χ2v) is 13.4. The number of aliphatic hydroxyl groups is 1. The predicted molar refractivity (Wildman–Crippen MR) is 143 cm³/mol. The number of nitrogens with zero attached hydrogens (tertiary/aromatic N) is 1. The minimum absolute atomic E-state index is 0.116. The van der Waals surface area contributed by atoms with Gasteiger partial charge in [0, 0.05) is 35.2 Å². The number of nitrogens with one attached hydrogen (secondary N) is 1. The van der Waals surface area contributed by atoms with E-state index in [1.165, 1.54) is 5.54 Å². The van der Waals surface area contributed by atoms with Gasteiger partial charge in [-0.15, -0.1) is 0 Å². The molecule has 3 saturated carbocycles. The van der Waals surface area contributed by atoms with Gasteiger partial charge in [0.2, 0.25) is 5.91 Å². The predicted octanol–water partition coefficient (Wildman–Crippen LogP) is 4.76. The summed E-state index contributed by atoms with van der Waals surface area (Å²) in [5.41, 5.74) is -0.315. The Morgan fingerprint density at radius 1 is 1.19 bits per heavy atom. The Morgan fingerprint density at radius 3 is 2.57 bits per heavy atom. The number of piperidine rings is 1. The fourth-order valence-corrected chi connectivity index (χ4v) is 8.82. The number of hydrogen-bond acceptors (Lipinski definition) is 6. The molecule has 1 saturated heterocycles. The lowest BCUT2D eigenvalue weighted by atomic mass is 9.44. The van der Waals surface area contributed by atoms with Crippen LogP contribution in [0.3, 0.4) is 0 Å². The van der Waals surface area contributed by atoms with E-state index in [2.05, 4.69) is 31.0 Å². The van der Waals surface area contributed by atoms with Crippen molar-refractivity contribution in [2.75, 3.05) is 20.1 Å². The second-order valence-electron chi connectivity index (χ2n) is 13.2. The van der Waals surface area contributed by atoms with Crippen LogP contribution >= 0.6 is 11.6 Å². The zero-order chi connectivity index (χ0) is 27.3. The average Bonchev–Trinajstić information content (AvgIpc) is 3.19. The third kappa shape index (κ3) is 4.67. The SMILES string of the molecule is C[C@@H]1CCC23CCC(=O)C2[C@]1(C)[C@H](OC(=O)NC(=O)[C@H]1CN(C)CC[C@@H]1C)C[C@@](C)(C=CCl)[C@@H](O)[C@@H]3C. The van der Waals surface area contributed by atoms with E-state index in [-0.39, 0.29) is 46.7 Å². The highest BCUT2D eigenvalue weighted by molar-refractivity contribution is 6.25. The van der Waals surface area contributed by atoms with Gasteiger partial charge in [0.1, 0.15) is 11.9 Å². The van der Waals surface area contributed by atoms with Gasteiger partial charge < -0.3 is 14.7 Å². The zero-order valence-electron chi connectivity index (χ0n) is 23.3. The Morgan fingerprint density at radius 2 is 1.89 bits per heavy atom. The zero-order valence-corrected chi connectivity index (χ0v) is 24.0. The molecule has 0 aromatic carbocycles. The Kier molecular flexibility index (Phi) is 7.93. The molecule has 2 amide bonds. The molecule has 0 radical (unpaired) electrons. The molecule has 3 aliphatic carbocycles. The smallest absolute Gasteiger partial charge is 0.414 e. The van der Waals surface area contributed by atoms with E-state index in [4.69, 9.17) is 16.3 Å². The average molecular weight is 537 g/mol. The van der Waals surface area contributed by atoms with Crippen LogP contribution < -0.4 is 5.32 Å². The standard InChI is InChI=1S/C29H45ClN2O5/c1-17-9-14-32(6)16-20(17)25(35)31-26(36)37-22-15-27(4,12-13-30)24(34)19(3)29-10-7-18(2)28(22,5)23(29)21(33)8-11-29/h12-13,17-20,22-24,34H,7-11,14-16H2,1-6H3,(H,31,35,36)/t17-,18+,19-,20-,22+,23?,24-,27+,28-,29?/m0/s1. The minimum atomic E-state index is -0.772. The van der Waals surface area contributed by atoms with E-state index in [0.717, 1.165) is 32.2 Å². The van der Waals surface area contributed by atoms with Gasteiger partial charge in [-0.25, -0.2) is 4.79 Å². The van der Waals surface area contributed by atoms with Crippen molar-refractivity contribution >= 4 is 29.4 Å². The van der Waals surface area contributed by atoms with Crippen LogP contribution in [0.2, 0.25) is 0 Å². The third-order valence-corrected chi connectivity index (χ3v) is 11.4. The molecule has 2 unspecified atom stereocenters. The highest BCUT2D eigenvalue weighted by atomic mass is 35.5. The Labute approximate surface area is 226 Å². The molecule has 0 aromatic heterocycles. The van der Waals surface area contributed by atoms with Crippen molar-refractivity contribution in [2.24, 2.45) is 45.8 Å². The number of amides is 2. The molecule has 1 heterocycles. The molecule has 1 aliphatic heterocycles. The lowest BCUT2D eigenvalue weighted by molar-refractivity contribution is -0.191. The van der Waals surface area contributed by atoms with E-state index in [9.17, 15) is 19.5 Å². The van der Waals surface area contributed by atoms with Gasteiger partial charge in [-0.05, 0) is 68.9 Å². The molecule has 7 nitrogen and oxygen atoms in total. The number of halogens is 1. The Balaban J connectivity index is 1.68. The number of likely N-dealkylation sites (tertiary alicyclic amines) is 1.